The van der Waals surface area contributed by atoms with E-state index in [1.165, 1.54) is 23.1 Å². The molecule has 1 heterocycles. The molecule has 0 radical (unpaired) electrons. The van der Waals surface area contributed by atoms with Gasteiger partial charge in [0, 0.05) is 12.2 Å². The first-order chi connectivity index (χ1) is 9.41. The molecule has 1 unspecified atom stereocenters. The van der Waals surface area contributed by atoms with Gasteiger partial charge in [-0.25, -0.2) is 4.79 Å². The summed E-state index contributed by atoms with van der Waals surface area (Å²) in [6.07, 6.45) is -1.83. The van der Waals surface area contributed by atoms with E-state index in [1.54, 1.807) is 0 Å². The largest absolute Gasteiger partial charge is 0.480 e. The topological polar surface area (TPSA) is 40.5 Å². The summed E-state index contributed by atoms with van der Waals surface area (Å²) in [7, 11) is 0. The van der Waals surface area contributed by atoms with Crippen molar-refractivity contribution in [3.63, 3.8) is 0 Å². The van der Waals surface area contributed by atoms with Gasteiger partial charge in [-0.1, -0.05) is 25.0 Å². The third-order valence-electron chi connectivity index (χ3n) is 3.56. The molecule has 1 N–H and O–H groups in total. The molecule has 1 aromatic carbocycles. The van der Waals surface area contributed by atoms with E-state index in [1.807, 2.05) is 0 Å². The van der Waals surface area contributed by atoms with E-state index in [0.717, 1.165) is 18.9 Å². The monoisotopic (exact) mass is 287 g/mol. The number of rotatable bonds is 2. The van der Waals surface area contributed by atoms with Crippen molar-refractivity contribution < 1.29 is 23.1 Å². The Morgan fingerprint density at radius 1 is 1.20 bits per heavy atom. The number of carboxylic acid groups (broad SMARTS) is 1. The molecule has 0 spiro atoms. The molecular weight excluding hydrogens is 271 g/mol. The number of hydrogen-bond acceptors (Lipinski definition) is 2. The van der Waals surface area contributed by atoms with E-state index in [0.29, 0.717) is 19.4 Å². The van der Waals surface area contributed by atoms with Crippen LogP contribution in [0.1, 0.15) is 31.2 Å². The molecule has 1 aromatic rings. The Morgan fingerprint density at radius 3 is 2.55 bits per heavy atom. The number of para-hydroxylation sites is 1. The fourth-order valence-electron chi connectivity index (χ4n) is 2.62. The van der Waals surface area contributed by atoms with Crippen LogP contribution in [0, 0.1) is 0 Å². The van der Waals surface area contributed by atoms with Gasteiger partial charge in [-0.3, -0.25) is 0 Å². The molecule has 1 fully saturated rings. The van der Waals surface area contributed by atoms with Gasteiger partial charge in [0.05, 0.1) is 5.56 Å². The minimum atomic E-state index is -4.48. The molecule has 0 aliphatic carbocycles. The van der Waals surface area contributed by atoms with Crippen molar-refractivity contribution >= 4 is 11.7 Å². The van der Waals surface area contributed by atoms with Gasteiger partial charge >= 0.3 is 12.1 Å². The highest BCUT2D eigenvalue weighted by Gasteiger charge is 2.37. The molecule has 110 valence electrons. The SMILES string of the molecule is O=C(O)C1CCCCCN1c1ccccc1C(F)(F)F. The summed E-state index contributed by atoms with van der Waals surface area (Å²) in [5.41, 5.74) is -0.803. The maximum absolute atomic E-state index is 13.1. The predicted molar refractivity (Wildman–Crippen MR) is 68.7 cm³/mol. The summed E-state index contributed by atoms with van der Waals surface area (Å²) in [4.78, 5) is 12.7. The lowest BCUT2D eigenvalue weighted by Gasteiger charge is -2.31. The summed E-state index contributed by atoms with van der Waals surface area (Å²) in [6, 6.07) is 4.29. The van der Waals surface area contributed by atoms with Crippen LogP contribution in [0.3, 0.4) is 0 Å². The van der Waals surface area contributed by atoms with E-state index < -0.39 is 23.8 Å². The highest BCUT2D eigenvalue weighted by atomic mass is 19.4. The third-order valence-corrected chi connectivity index (χ3v) is 3.56. The zero-order valence-electron chi connectivity index (χ0n) is 10.9. The first-order valence-electron chi connectivity index (χ1n) is 6.57. The quantitative estimate of drug-likeness (QED) is 0.904. The van der Waals surface area contributed by atoms with Gasteiger partial charge in [0.1, 0.15) is 6.04 Å². The van der Waals surface area contributed by atoms with Gasteiger partial charge in [0.25, 0.3) is 0 Å². The van der Waals surface area contributed by atoms with E-state index in [9.17, 15) is 23.1 Å². The lowest BCUT2D eigenvalue weighted by Crippen LogP contribution is -2.41. The molecule has 1 aliphatic rings. The fraction of sp³-hybridized carbons (Fsp3) is 0.500. The van der Waals surface area contributed by atoms with Crippen LogP contribution in [0.2, 0.25) is 0 Å². The van der Waals surface area contributed by atoms with Gasteiger partial charge in [0.2, 0.25) is 0 Å². The summed E-state index contributed by atoms with van der Waals surface area (Å²) < 4.78 is 39.2. The third kappa shape index (κ3) is 3.05. The van der Waals surface area contributed by atoms with Crippen molar-refractivity contribution in [3.05, 3.63) is 29.8 Å². The van der Waals surface area contributed by atoms with Crippen LogP contribution in [0.5, 0.6) is 0 Å². The van der Waals surface area contributed by atoms with E-state index in [2.05, 4.69) is 0 Å². The highest BCUT2D eigenvalue weighted by molar-refractivity contribution is 5.79. The number of anilines is 1. The number of aliphatic carboxylic acids is 1. The Balaban J connectivity index is 2.44. The van der Waals surface area contributed by atoms with Crippen molar-refractivity contribution in [2.24, 2.45) is 0 Å². The van der Waals surface area contributed by atoms with Crippen LogP contribution in [0.25, 0.3) is 0 Å². The summed E-state index contributed by atoms with van der Waals surface area (Å²) in [5.74, 6) is -1.07. The van der Waals surface area contributed by atoms with Crippen LogP contribution in [0.4, 0.5) is 18.9 Å². The standard InChI is InChI=1S/C14H16F3NO2/c15-14(16,17)10-6-3-4-7-11(10)18-9-5-1-2-8-12(18)13(19)20/h3-4,6-7,12H,1-2,5,8-9H2,(H,19,20). The number of carboxylic acids is 1. The number of halogens is 3. The van der Waals surface area contributed by atoms with Crippen LogP contribution >= 0.6 is 0 Å². The second-order valence-corrected chi connectivity index (χ2v) is 4.91. The zero-order chi connectivity index (χ0) is 14.8. The van der Waals surface area contributed by atoms with Crippen LogP contribution in [-0.2, 0) is 11.0 Å². The molecule has 3 nitrogen and oxygen atoms in total. The molecule has 0 aromatic heterocycles. The Labute approximate surface area is 115 Å². The van der Waals surface area contributed by atoms with Gasteiger partial charge in [-0.2, -0.15) is 13.2 Å². The van der Waals surface area contributed by atoms with Gasteiger partial charge < -0.3 is 10.0 Å². The smallest absolute Gasteiger partial charge is 0.418 e. The number of carbonyl (C=O) groups is 1. The average Bonchev–Trinajstić information content (AvgIpc) is 2.63. The molecule has 0 bridgehead atoms. The van der Waals surface area contributed by atoms with Crippen LogP contribution in [-0.4, -0.2) is 23.7 Å². The summed E-state index contributed by atoms with van der Waals surface area (Å²) in [5, 5.41) is 9.27. The first-order valence-corrected chi connectivity index (χ1v) is 6.57. The Morgan fingerprint density at radius 2 is 1.90 bits per heavy atom. The number of nitrogens with zero attached hydrogens (tertiary/aromatic N) is 1. The summed E-state index contributed by atoms with van der Waals surface area (Å²) in [6.45, 7) is 0.337. The minimum Gasteiger partial charge on any atom is -0.480 e. The minimum absolute atomic E-state index is 0.0331. The predicted octanol–water partition coefficient (Wildman–Crippen LogP) is 3.54. The molecule has 20 heavy (non-hydrogen) atoms. The highest BCUT2D eigenvalue weighted by Crippen LogP contribution is 2.38. The second-order valence-electron chi connectivity index (χ2n) is 4.91. The maximum Gasteiger partial charge on any atom is 0.418 e. The van der Waals surface area contributed by atoms with Gasteiger partial charge in [0.15, 0.2) is 0 Å². The molecule has 0 amide bonds. The van der Waals surface area contributed by atoms with Crippen LogP contribution in [0.15, 0.2) is 24.3 Å². The van der Waals surface area contributed by atoms with Crippen molar-refractivity contribution in [3.8, 4) is 0 Å². The van der Waals surface area contributed by atoms with Crippen molar-refractivity contribution in [2.75, 3.05) is 11.4 Å². The zero-order valence-corrected chi connectivity index (χ0v) is 10.9. The first kappa shape index (κ1) is 14.7. The van der Waals surface area contributed by atoms with Crippen molar-refractivity contribution in [1.82, 2.24) is 0 Å². The second kappa shape index (κ2) is 5.73. The molecule has 6 heteroatoms. The van der Waals surface area contributed by atoms with E-state index >= 15 is 0 Å². The Bertz CT molecular complexity index is 488. The Hall–Kier alpha value is -1.72. The molecule has 1 aliphatic heterocycles. The van der Waals surface area contributed by atoms with Gasteiger partial charge in [-0.05, 0) is 25.0 Å². The number of hydrogen-bond donors (Lipinski definition) is 1. The number of alkyl halides is 3. The Kier molecular flexibility index (Phi) is 4.20. The molecule has 1 atom stereocenters. The van der Waals surface area contributed by atoms with Crippen LogP contribution < -0.4 is 4.90 Å². The van der Waals surface area contributed by atoms with Crippen molar-refractivity contribution in [2.45, 2.75) is 37.9 Å². The fourth-order valence-corrected chi connectivity index (χ4v) is 2.62. The van der Waals surface area contributed by atoms with E-state index in [4.69, 9.17) is 0 Å². The van der Waals surface area contributed by atoms with Crippen molar-refractivity contribution in [1.29, 1.82) is 0 Å². The lowest BCUT2D eigenvalue weighted by atomic mass is 10.1. The molecule has 2 rings (SSSR count). The number of benzene rings is 1. The molecular formula is C14H16F3NO2. The molecule has 0 saturated carbocycles. The average molecular weight is 287 g/mol. The normalized spacial score (nSPS) is 20.6. The lowest BCUT2D eigenvalue weighted by molar-refractivity contribution is -0.140. The summed E-state index contributed by atoms with van der Waals surface area (Å²) >= 11 is 0. The molecule has 1 saturated heterocycles. The maximum atomic E-state index is 13.1. The van der Waals surface area contributed by atoms with E-state index in [-0.39, 0.29) is 5.69 Å². The van der Waals surface area contributed by atoms with Gasteiger partial charge in [-0.15, -0.1) is 0 Å².